The molecule has 0 unspecified atom stereocenters. The lowest BCUT2D eigenvalue weighted by Gasteiger charge is -2.24. The average Bonchev–Trinajstić information content (AvgIpc) is 3.46. The molecule has 8 heteroatoms. The van der Waals surface area contributed by atoms with Crippen molar-refractivity contribution in [1.29, 1.82) is 5.26 Å². The van der Waals surface area contributed by atoms with Crippen molar-refractivity contribution in [3.63, 3.8) is 0 Å². The first kappa shape index (κ1) is 21.8. The smallest absolute Gasteiger partial charge is 0.309 e. The van der Waals surface area contributed by atoms with E-state index >= 15 is 0 Å². The van der Waals surface area contributed by atoms with Gasteiger partial charge in [0.05, 0.1) is 11.3 Å². The Kier molecular flexibility index (Phi) is 6.10. The number of nitrogens with one attached hydrogen (secondary N) is 1. The number of carbonyl (C=O) groups excluding carboxylic acids is 1. The Labute approximate surface area is 186 Å². The molecular formula is C24H26FN5O2. The van der Waals surface area contributed by atoms with Crippen LogP contribution in [0.3, 0.4) is 0 Å². The molecule has 4 rings (SSSR count). The Hall–Kier alpha value is -3.44. The van der Waals surface area contributed by atoms with Gasteiger partial charge >= 0.3 is 5.91 Å². The number of hydrogen-bond acceptors (Lipinski definition) is 6. The lowest BCUT2D eigenvalue weighted by molar-refractivity contribution is 0.0749. The minimum absolute atomic E-state index is 0.0558. The van der Waals surface area contributed by atoms with Gasteiger partial charge in [-0.05, 0) is 31.5 Å². The first-order valence-electron chi connectivity index (χ1n) is 10.7. The van der Waals surface area contributed by atoms with Gasteiger partial charge < -0.3 is 19.5 Å². The van der Waals surface area contributed by atoms with Crippen molar-refractivity contribution in [2.45, 2.75) is 19.4 Å². The number of oxazole rings is 1. The number of hydrogen-bond donors (Lipinski definition) is 1. The number of rotatable bonds is 6. The summed E-state index contributed by atoms with van der Waals surface area (Å²) in [7, 11) is 3.44. The molecule has 0 bridgehead atoms. The molecule has 1 N–H and O–H groups in total. The van der Waals surface area contributed by atoms with Crippen molar-refractivity contribution in [1.82, 2.24) is 15.2 Å². The van der Waals surface area contributed by atoms with E-state index in [4.69, 9.17) is 4.42 Å². The van der Waals surface area contributed by atoms with Crippen molar-refractivity contribution < 1.29 is 13.6 Å². The third-order valence-electron chi connectivity index (χ3n) is 6.10. The van der Waals surface area contributed by atoms with Gasteiger partial charge in [-0.15, -0.1) is 0 Å². The van der Waals surface area contributed by atoms with Crippen LogP contribution in [-0.2, 0) is 0 Å². The lowest BCUT2D eigenvalue weighted by Crippen LogP contribution is -2.30. The van der Waals surface area contributed by atoms with E-state index in [0.29, 0.717) is 22.7 Å². The Morgan fingerprint density at radius 1 is 1.41 bits per heavy atom. The second-order valence-corrected chi connectivity index (χ2v) is 8.03. The highest BCUT2D eigenvalue weighted by molar-refractivity contribution is 6.04. The number of benzene rings is 2. The molecule has 7 nitrogen and oxygen atoms in total. The van der Waals surface area contributed by atoms with E-state index in [1.807, 2.05) is 44.3 Å². The minimum Gasteiger partial charge on any atom is -0.430 e. The van der Waals surface area contributed by atoms with Gasteiger partial charge in [0.2, 0.25) is 0 Å². The molecule has 1 amide bonds. The number of fused-ring (bicyclic) bond motifs is 1. The van der Waals surface area contributed by atoms with Gasteiger partial charge in [0.1, 0.15) is 18.3 Å². The monoisotopic (exact) mass is 435 g/mol. The molecule has 0 aliphatic carbocycles. The topological polar surface area (TPSA) is 85.4 Å². The number of nitrogens with zero attached hydrogens (tertiary/aromatic N) is 4. The zero-order valence-electron chi connectivity index (χ0n) is 18.5. The molecule has 1 aromatic heterocycles. The number of aromatic nitrogens is 1. The van der Waals surface area contributed by atoms with Gasteiger partial charge in [-0.1, -0.05) is 30.3 Å². The van der Waals surface area contributed by atoms with Crippen LogP contribution in [0.1, 0.15) is 28.2 Å². The van der Waals surface area contributed by atoms with Crippen LogP contribution < -0.4 is 10.2 Å². The summed E-state index contributed by atoms with van der Waals surface area (Å²) in [6.07, 6.45) is 0.963. The second-order valence-electron chi connectivity index (χ2n) is 8.03. The fourth-order valence-electron chi connectivity index (χ4n) is 4.32. The average molecular weight is 436 g/mol. The molecule has 0 saturated carbocycles. The molecule has 1 aliphatic heterocycles. The standard InChI is InChI=1S/C24H26FN5O2/c1-15-18(13-26)20-22(32-23(28-20)24(31)29(3)12-10-25)21(30-11-9-17(14-30)27-2)19(15)16-7-5-4-6-8-16/h4-8,17,27H,9-12,14H2,1-3H3/t17-/m0/s1. The van der Waals surface area contributed by atoms with E-state index in [-0.39, 0.29) is 12.4 Å². The Morgan fingerprint density at radius 2 is 2.16 bits per heavy atom. The Balaban J connectivity index is 1.99. The quantitative estimate of drug-likeness (QED) is 0.638. The maximum absolute atomic E-state index is 12.8. The largest absolute Gasteiger partial charge is 0.430 e. The van der Waals surface area contributed by atoms with Gasteiger partial charge in [0.15, 0.2) is 5.58 Å². The Bertz CT molecular complexity index is 1180. The van der Waals surface area contributed by atoms with Crippen LogP contribution in [-0.4, -0.2) is 62.2 Å². The summed E-state index contributed by atoms with van der Waals surface area (Å²) in [6.45, 7) is 2.76. The van der Waals surface area contributed by atoms with Gasteiger partial charge in [-0.25, -0.2) is 9.37 Å². The zero-order chi connectivity index (χ0) is 22.8. The van der Waals surface area contributed by atoms with Gasteiger partial charge in [-0.3, -0.25) is 4.79 Å². The summed E-state index contributed by atoms with van der Waals surface area (Å²) in [5.41, 5.74) is 4.65. The van der Waals surface area contributed by atoms with Crippen LogP contribution in [0.2, 0.25) is 0 Å². The fraction of sp³-hybridized carbons (Fsp3) is 0.375. The van der Waals surface area contributed by atoms with E-state index in [2.05, 4.69) is 21.3 Å². The third-order valence-corrected chi connectivity index (χ3v) is 6.10. The van der Waals surface area contributed by atoms with Crippen LogP contribution in [0.25, 0.3) is 22.2 Å². The number of likely N-dealkylation sites (N-methyl/N-ethyl adjacent to an activating group) is 1. The van der Waals surface area contributed by atoms with Gasteiger partial charge in [0.25, 0.3) is 5.89 Å². The normalized spacial score (nSPS) is 15.8. The number of alkyl halides is 1. The van der Waals surface area contributed by atoms with Crippen LogP contribution in [0.4, 0.5) is 10.1 Å². The predicted molar refractivity (Wildman–Crippen MR) is 122 cm³/mol. The third kappa shape index (κ3) is 3.69. The molecule has 1 atom stereocenters. The first-order valence-corrected chi connectivity index (χ1v) is 10.7. The fourth-order valence-corrected chi connectivity index (χ4v) is 4.32. The molecule has 32 heavy (non-hydrogen) atoms. The van der Waals surface area contributed by atoms with E-state index < -0.39 is 12.6 Å². The molecule has 166 valence electrons. The minimum atomic E-state index is -0.659. The first-order chi connectivity index (χ1) is 15.5. The zero-order valence-corrected chi connectivity index (χ0v) is 18.5. The summed E-state index contributed by atoms with van der Waals surface area (Å²) in [6, 6.07) is 12.4. The summed E-state index contributed by atoms with van der Waals surface area (Å²) in [5.74, 6) is -0.648. The van der Waals surface area contributed by atoms with Gasteiger partial charge in [-0.2, -0.15) is 5.26 Å². The SMILES string of the molecule is CN[C@H]1CCN(c2c(-c3ccccc3)c(C)c(C#N)c3nc(C(=O)N(C)CCF)oc23)C1. The number of nitriles is 1. The molecule has 0 spiro atoms. The molecule has 2 heterocycles. The summed E-state index contributed by atoms with van der Waals surface area (Å²) in [5, 5.41) is 13.3. The molecule has 2 aromatic carbocycles. The molecule has 1 fully saturated rings. The predicted octanol–water partition coefficient (Wildman–Crippen LogP) is 3.51. The summed E-state index contributed by atoms with van der Waals surface area (Å²) < 4.78 is 18.8. The summed E-state index contributed by atoms with van der Waals surface area (Å²) in [4.78, 5) is 20.6. The Morgan fingerprint density at radius 3 is 2.78 bits per heavy atom. The van der Waals surface area contributed by atoms with Gasteiger partial charge in [0, 0.05) is 38.3 Å². The van der Waals surface area contributed by atoms with Crippen LogP contribution in [0.5, 0.6) is 0 Å². The van der Waals surface area contributed by atoms with E-state index in [1.54, 1.807) is 0 Å². The summed E-state index contributed by atoms with van der Waals surface area (Å²) >= 11 is 0. The highest BCUT2D eigenvalue weighted by Gasteiger charge is 2.31. The van der Waals surface area contributed by atoms with E-state index in [0.717, 1.165) is 41.9 Å². The lowest BCUT2D eigenvalue weighted by atomic mass is 9.93. The van der Waals surface area contributed by atoms with Crippen molar-refractivity contribution in [3.8, 4) is 17.2 Å². The maximum Gasteiger partial charge on any atom is 0.309 e. The van der Waals surface area contributed by atoms with Crippen LogP contribution in [0.15, 0.2) is 34.7 Å². The van der Waals surface area contributed by atoms with Crippen molar-refractivity contribution in [2.75, 3.05) is 45.3 Å². The number of amides is 1. The number of anilines is 1. The molecule has 1 aliphatic rings. The van der Waals surface area contributed by atoms with Crippen molar-refractivity contribution in [3.05, 3.63) is 47.3 Å². The van der Waals surface area contributed by atoms with Crippen LogP contribution in [0, 0.1) is 18.3 Å². The molecule has 3 aromatic rings. The van der Waals surface area contributed by atoms with Crippen LogP contribution >= 0.6 is 0 Å². The van der Waals surface area contributed by atoms with E-state index in [1.165, 1.54) is 11.9 Å². The highest BCUT2D eigenvalue weighted by Crippen LogP contribution is 2.43. The molecular weight excluding hydrogens is 409 g/mol. The molecule has 0 radical (unpaired) electrons. The van der Waals surface area contributed by atoms with Crippen molar-refractivity contribution >= 4 is 22.7 Å². The number of halogens is 1. The highest BCUT2D eigenvalue weighted by atomic mass is 19.1. The number of carbonyl (C=O) groups is 1. The van der Waals surface area contributed by atoms with Crippen molar-refractivity contribution in [2.24, 2.45) is 0 Å². The maximum atomic E-state index is 12.8. The molecule has 1 saturated heterocycles. The second kappa shape index (κ2) is 8.97. The van der Waals surface area contributed by atoms with E-state index in [9.17, 15) is 14.4 Å².